The number of nitrogens with zero attached hydrogens (tertiary/aromatic N) is 4. The lowest BCUT2D eigenvalue weighted by Gasteiger charge is -2.12. The smallest absolute Gasteiger partial charge is 0.123 e. The summed E-state index contributed by atoms with van der Waals surface area (Å²) in [6, 6.07) is 4.44. The predicted octanol–water partition coefficient (Wildman–Crippen LogP) is 3.09. The van der Waals surface area contributed by atoms with Gasteiger partial charge in [0.1, 0.15) is 5.82 Å². The van der Waals surface area contributed by atoms with Crippen molar-refractivity contribution in [1.29, 1.82) is 0 Å². The van der Waals surface area contributed by atoms with Crippen LogP contribution < -0.4 is 0 Å². The molecule has 0 fully saturated rings. The molecule has 126 valence electrons. The lowest BCUT2D eigenvalue weighted by atomic mass is 9.98. The van der Waals surface area contributed by atoms with Crippen molar-refractivity contribution in [3.05, 3.63) is 59.6 Å². The number of benzene rings is 1. The molecule has 1 aromatic carbocycles. The Hall–Kier alpha value is -2.47. The molecule has 0 radical (unpaired) electrons. The van der Waals surface area contributed by atoms with Crippen LogP contribution in [-0.2, 0) is 20.0 Å². The molecule has 0 aliphatic rings. The quantitative estimate of drug-likeness (QED) is 0.783. The van der Waals surface area contributed by atoms with Crippen molar-refractivity contribution in [2.45, 2.75) is 32.9 Å². The van der Waals surface area contributed by atoms with Crippen LogP contribution in [0.1, 0.15) is 36.8 Å². The van der Waals surface area contributed by atoms with Gasteiger partial charge < -0.3 is 9.67 Å². The summed E-state index contributed by atoms with van der Waals surface area (Å²) in [5, 5.41) is 14.5. The van der Waals surface area contributed by atoms with E-state index >= 15 is 0 Å². The molecule has 2 heterocycles. The minimum Gasteiger partial charge on any atom is -0.389 e. The molecule has 0 bridgehead atoms. The Bertz CT molecular complexity index is 851. The number of halogens is 1. The second-order valence-corrected chi connectivity index (χ2v) is 5.98. The molecule has 1 N–H and O–H groups in total. The molecule has 0 saturated carbocycles. The van der Waals surface area contributed by atoms with Crippen molar-refractivity contribution in [2.24, 2.45) is 7.05 Å². The Morgan fingerprint density at radius 1 is 1.29 bits per heavy atom. The molecule has 1 atom stereocenters. The van der Waals surface area contributed by atoms with Gasteiger partial charge in [-0.25, -0.2) is 9.37 Å². The third-order valence-electron chi connectivity index (χ3n) is 4.03. The first-order valence-electron chi connectivity index (χ1n) is 7.99. The zero-order valence-electron chi connectivity index (χ0n) is 14.1. The molecule has 0 aliphatic heterocycles. The molecular weight excluding hydrogens is 307 g/mol. The summed E-state index contributed by atoms with van der Waals surface area (Å²) in [5.41, 5.74) is 4.06. The average molecular weight is 328 g/mol. The number of hydrogen-bond donors (Lipinski definition) is 1. The highest BCUT2D eigenvalue weighted by molar-refractivity contribution is 5.67. The third kappa shape index (κ3) is 3.23. The molecular formula is C18H21FN4O. The number of aliphatic hydroxyl groups excluding tert-OH is 1. The van der Waals surface area contributed by atoms with Crippen LogP contribution in [0.4, 0.5) is 4.39 Å². The average Bonchev–Trinajstić information content (AvgIpc) is 3.14. The lowest BCUT2D eigenvalue weighted by molar-refractivity contribution is 0.199. The second-order valence-electron chi connectivity index (χ2n) is 5.98. The van der Waals surface area contributed by atoms with Crippen molar-refractivity contribution in [1.82, 2.24) is 19.3 Å². The van der Waals surface area contributed by atoms with Gasteiger partial charge in [0.05, 0.1) is 30.4 Å². The van der Waals surface area contributed by atoms with Gasteiger partial charge in [0.25, 0.3) is 0 Å². The normalized spacial score (nSPS) is 12.5. The molecule has 2 aromatic heterocycles. The van der Waals surface area contributed by atoms with Crippen LogP contribution in [0, 0.1) is 5.82 Å². The van der Waals surface area contributed by atoms with E-state index in [-0.39, 0.29) is 5.82 Å². The van der Waals surface area contributed by atoms with Crippen LogP contribution in [-0.4, -0.2) is 24.4 Å². The summed E-state index contributed by atoms with van der Waals surface area (Å²) < 4.78 is 17.3. The summed E-state index contributed by atoms with van der Waals surface area (Å²) in [4.78, 5) is 4.34. The van der Waals surface area contributed by atoms with Gasteiger partial charge in [-0.2, -0.15) is 5.10 Å². The molecule has 6 heteroatoms. The fourth-order valence-electron chi connectivity index (χ4n) is 2.85. The summed E-state index contributed by atoms with van der Waals surface area (Å²) in [7, 11) is 1.85. The zero-order chi connectivity index (χ0) is 17.3. The highest BCUT2D eigenvalue weighted by Crippen LogP contribution is 2.30. The largest absolute Gasteiger partial charge is 0.389 e. The summed E-state index contributed by atoms with van der Waals surface area (Å²) >= 11 is 0. The first-order chi connectivity index (χ1) is 11.5. The van der Waals surface area contributed by atoms with Crippen molar-refractivity contribution in [3.8, 4) is 11.3 Å². The summed E-state index contributed by atoms with van der Waals surface area (Å²) in [5.74, 6) is -0.366. The highest BCUT2D eigenvalue weighted by atomic mass is 19.1. The first kappa shape index (κ1) is 16.4. The molecule has 3 aromatic rings. The monoisotopic (exact) mass is 328 g/mol. The number of aliphatic hydroxyl groups is 1. The standard InChI is InChI=1S/C18H21FN4O/c1-4-15-10-23(11-20-15)9-13-8-22(3)21-18(13)16-6-5-14(19)7-17(16)12(2)24/h5-8,10-12,24H,4,9H2,1-3H3. The van der Waals surface area contributed by atoms with Gasteiger partial charge in [-0.05, 0) is 37.1 Å². The number of aryl methyl sites for hydroxylation is 2. The minimum atomic E-state index is -0.773. The van der Waals surface area contributed by atoms with Crippen LogP contribution in [0.2, 0.25) is 0 Å². The zero-order valence-corrected chi connectivity index (χ0v) is 14.1. The Labute approximate surface area is 140 Å². The predicted molar refractivity (Wildman–Crippen MR) is 89.9 cm³/mol. The molecule has 0 amide bonds. The minimum absolute atomic E-state index is 0.366. The highest BCUT2D eigenvalue weighted by Gasteiger charge is 2.17. The molecule has 24 heavy (non-hydrogen) atoms. The van der Waals surface area contributed by atoms with Crippen molar-refractivity contribution < 1.29 is 9.50 Å². The van der Waals surface area contributed by atoms with E-state index in [1.165, 1.54) is 12.1 Å². The van der Waals surface area contributed by atoms with E-state index in [2.05, 4.69) is 17.0 Å². The second kappa shape index (κ2) is 6.57. The van der Waals surface area contributed by atoms with Gasteiger partial charge >= 0.3 is 0 Å². The maximum atomic E-state index is 13.6. The van der Waals surface area contributed by atoms with Gasteiger partial charge in [0, 0.05) is 30.6 Å². The fraction of sp³-hybridized carbons (Fsp3) is 0.333. The Balaban J connectivity index is 2.03. The third-order valence-corrected chi connectivity index (χ3v) is 4.03. The molecule has 5 nitrogen and oxygen atoms in total. The van der Waals surface area contributed by atoms with E-state index in [1.54, 1.807) is 24.0 Å². The van der Waals surface area contributed by atoms with Crippen molar-refractivity contribution >= 4 is 0 Å². The van der Waals surface area contributed by atoms with E-state index in [1.807, 2.05) is 24.0 Å². The number of aromatic nitrogens is 4. The maximum Gasteiger partial charge on any atom is 0.123 e. The number of rotatable bonds is 5. The van der Waals surface area contributed by atoms with E-state index in [4.69, 9.17) is 0 Å². The first-order valence-corrected chi connectivity index (χ1v) is 7.99. The van der Waals surface area contributed by atoms with Crippen LogP contribution >= 0.6 is 0 Å². The van der Waals surface area contributed by atoms with Crippen LogP contribution in [0.15, 0.2) is 36.9 Å². The van der Waals surface area contributed by atoms with Gasteiger partial charge in [0.2, 0.25) is 0 Å². The van der Waals surface area contributed by atoms with Gasteiger partial charge in [-0.15, -0.1) is 0 Å². The molecule has 0 saturated heterocycles. The summed E-state index contributed by atoms with van der Waals surface area (Å²) in [6.45, 7) is 4.31. The van der Waals surface area contributed by atoms with Gasteiger partial charge in [0.15, 0.2) is 0 Å². The molecule has 1 unspecified atom stereocenters. The van der Waals surface area contributed by atoms with E-state index in [9.17, 15) is 9.50 Å². The van der Waals surface area contributed by atoms with Crippen LogP contribution in [0.3, 0.4) is 0 Å². The molecule has 0 aliphatic carbocycles. The van der Waals surface area contributed by atoms with Gasteiger partial charge in [-0.1, -0.05) is 6.92 Å². The molecule has 3 rings (SSSR count). The van der Waals surface area contributed by atoms with Gasteiger partial charge in [-0.3, -0.25) is 4.68 Å². The maximum absolute atomic E-state index is 13.6. The molecule has 0 spiro atoms. The topological polar surface area (TPSA) is 55.9 Å². The van der Waals surface area contributed by atoms with Crippen LogP contribution in [0.5, 0.6) is 0 Å². The Morgan fingerprint density at radius 2 is 2.08 bits per heavy atom. The SMILES string of the molecule is CCc1cn(Cc2cn(C)nc2-c2ccc(F)cc2C(C)O)cn1. The number of hydrogen-bond acceptors (Lipinski definition) is 3. The number of imidazole rings is 1. The Kier molecular flexibility index (Phi) is 4.49. The summed E-state index contributed by atoms with van der Waals surface area (Å²) in [6.07, 6.45) is 5.87. The van der Waals surface area contributed by atoms with E-state index in [0.29, 0.717) is 12.1 Å². The fourth-order valence-corrected chi connectivity index (χ4v) is 2.85. The Morgan fingerprint density at radius 3 is 2.75 bits per heavy atom. The van der Waals surface area contributed by atoms with Crippen molar-refractivity contribution in [2.75, 3.05) is 0 Å². The lowest BCUT2D eigenvalue weighted by Crippen LogP contribution is -2.01. The van der Waals surface area contributed by atoms with Crippen LogP contribution in [0.25, 0.3) is 11.3 Å². The van der Waals surface area contributed by atoms with E-state index in [0.717, 1.165) is 28.9 Å². The van der Waals surface area contributed by atoms with E-state index < -0.39 is 6.10 Å². The van der Waals surface area contributed by atoms with Crippen molar-refractivity contribution in [3.63, 3.8) is 0 Å².